The normalized spacial score (nSPS) is 18.0. The van der Waals surface area contributed by atoms with Gasteiger partial charge in [0.1, 0.15) is 0 Å². The first kappa shape index (κ1) is 12.9. The second-order valence-electron chi connectivity index (χ2n) is 3.67. The Morgan fingerprint density at radius 3 is 2.56 bits per heavy atom. The molecule has 1 heterocycles. The Labute approximate surface area is 94.6 Å². The lowest BCUT2D eigenvalue weighted by atomic mass is 10.2. The average Bonchev–Trinajstić information content (AvgIpc) is 2.35. The number of rotatable bonds is 3. The zero-order valence-corrected chi connectivity index (χ0v) is 9.44. The fraction of sp³-hybridized carbons (Fsp3) is 0.800. The van der Waals surface area contributed by atoms with E-state index in [0.29, 0.717) is 32.7 Å². The maximum atomic E-state index is 11.6. The van der Waals surface area contributed by atoms with E-state index in [1.54, 1.807) is 0 Å². The van der Waals surface area contributed by atoms with Crippen LogP contribution < -0.4 is 5.32 Å². The molecule has 0 aromatic carbocycles. The number of hydrogen-bond donors (Lipinski definition) is 2. The molecule has 1 aliphatic heterocycles. The highest BCUT2D eigenvalue weighted by Gasteiger charge is 2.24. The molecule has 0 bridgehead atoms. The van der Waals surface area contributed by atoms with E-state index < -0.39 is 11.8 Å². The smallest absolute Gasteiger partial charge is 0.312 e. The van der Waals surface area contributed by atoms with Crippen LogP contribution in [0.3, 0.4) is 0 Å². The summed E-state index contributed by atoms with van der Waals surface area (Å²) in [5.41, 5.74) is 0. The topological polar surface area (TPSA) is 78.9 Å². The van der Waals surface area contributed by atoms with Gasteiger partial charge in [0.15, 0.2) is 0 Å². The predicted octanol–water partition coefficient (Wildman–Crippen LogP) is -1.27. The second kappa shape index (κ2) is 6.44. The van der Waals surface area contributed by atoms with Gasteiger partial charge in [0.25, 0.3) is 0 Å². The number of nitrogens with zero attached hydrogens (tertiary/aromatic N) is 1. The third kappa shape index (κ3) is 3.46. The number of nitrogens with one attached hydrogen (secondary N) is 1. The number of hydrogen-bond acceptors (Lipinski definition) is 4. The van der Waals surface area contributed by atoms with Crippen molar-refractivity contribution in [2.24, 2.45) is 0 Å². The molecule has 92 valence electrons. The number of carbonyl (C=O) groups is 2. The van der Waals surface area contributed by atoms with Gasteiger partial charge in [-0.15, -0.1) is 0 Å². The second-order valence-corrected chi connectivity index (χ2v) is 3.67. The molecule has 1 unspecified atom stereocenters. The predicted molar refractivity (Wildman–Crippen MR) is 56.7 cm³/mol. The lowest BCUT2D eigenvalue weighted by molar-refractivity contribution is -0.148. The van der Waals surface area contributed by atoms with Crippen molar-refractivity contribution in [2.75, 3.05) is 32.9 Å². The first-order valence-corrected chi connectivity index (χ1v) is 5.47. The van der Waals surface area contributed by atoms with Crippen molar-refractivity contribution in [2.45, 2.75) is 19.4 Å². The molecule has 2 amide bonds. The Hall–Kier alpha value is -1.14. The largest absolute Gasteiger partial charge is 0.394 e. The minimum Gasteiger partial charge on any atom is -0.394 e. The van der Waals surface area contributed by atoms with Gasteiger partial charge in [-0.25, -0.2) is 0 Å². The van der Waals surface area contributed by atoms with Gasteiger partial charge in [0.05, 0.1) is 25.9 Å². The highest BCUT2D eigenvalue weighted by Crippen LogP contribution is 1.98. The molecule has 0 aromatic rings. The molecule has 6 nitrogen and oxygen atoms in total. The van der Waals surface area contributed by atoms with Gasteiger partial charge in [-0.2, -0.15) is 0 Å². The summed E-state index contributed by atoms with van der Waals surface area (Å²) in [4.78, 5) is 24.6. The molecular weight excluding hydrogens is 212 g/mol. The van der Waals surface area contributed by atoms with Crippen molar-refractivity contribution in [3.8, 4) is 0 Å². The highest BCUT2D eigenvalue weighted by atomic mass is 16.5. The molecule has 1 aliphatic rings. The van der Waals surface area contributed by atoms with Gasteiger partial charge in [-0.3, -0.25) is 9.59 Å². The Morgan fingerprint density at radius 2 is 2.06 bits per heavy atom. The summed E-state index contributed by atoms with van der Waals surface area (Å²) in [7, 11) is 0. The van der Waals surface area contributed by atoms with Crippen LogP contribution in [0.2, 0.25) is 0 Å². The maximum Gasteiger partial charge on any atom is 0.312 e. The monoisotopic (exact) mass is 230 g/mol. The van der Waals surface area contributed by atoms with Crippen LogP contribution in [0.25, 0.3) is 0 Å². The van der Waals surface area contributed by atoms with Crippen molar-refractivity contribution in [3.63, 3.8) is 0 Å². The van der Waals surface area contributed by atoms with Crippen LogP contribution in [-0.4, -0.2) is 60.8 Å². The van der Waals surface area contributed by atoms with E-state index in [-0.39, 0.29) is 12.6 Å². The van der Waals surface area contributed by atoms with Gasteiger partial charge in [0.2, 0.25) is 0 Å². The number of aliphatic hydroxyl groups excluding tert-OH is 1. The molecule has 0 aromatic heterocycles. The summed E-state index contributed by atoms with van der Waals surface area (Å²) in [5.74, 6) is -1.20. The lowest BCUT2D eigenvalue weighted by Crippen LogP contribution is -2.50. The molecule has 1 saturated heterocycles. The van der Waals surface area contributed by atoms with E-state index in [0.717, 1.165) is 0 Å². The molecule has 2 N–H and O–H groups in total. The van der Waals surface area contributed by atoms with Crippen LogP contribution in [0.5, 0.6) is 0 Å². The van der Waals surface area contributed by atoms with Gasteiger partial charge in [-0.1, -0.05) is 6.92 Å². The van der Waals surface area contributed by atoms with Gasteiger partial charge < -0.3 is 20.1 Å². The number of aliphatic hydroxyl groups is 1. The minimum absolute atomic E-state index is 0.154. The fourth-order valence-electron chi connectivity index (χ4n) is 1.43. The molecule has 6 heteroatoms. The zero-order chi connectivity index (χ0) is 12.0. The maximum absolute atomic E-state index is 11.6. The van der Waals surface area contributed by atoms with Crippen molar-refractivity contribution in [1.29, 1.82) is 0 Å². The van der Waals surface area contributed by atoms with Crippen LogP contribution in [0.15, 0.2) is 0 Å². The molecule has 0 saturated carbocycles. The Bertz CT molecular complexity index is 247. The van der Waals surface area contributed by atoms with Gasteiger partial charge in [-0.05, 0) is 6.42 Å². The Kier molecular flexibility index (Phi) is 5.21. The highest BCUT2D eigenvalue weighted by molar-refractivity contribution is 6.35. The van der Waals surface area contributed by atoms with Crippen LogP contribution in [0, 0.1) is 0 Å². The minimum atomic E-state index is -0.650. The summed E-state index contributed by atoms with van der Waals surface area (Å²) < 4.78 is 5.09. The first-order valence-electron chi connectivity index (χ1n) is 5.47. The molecule has 16 heavy (non-hydrogen) atoms. The van der Waals surface area contributed by atoms with E-state index in [9.17, 15) is 9.59 Å². The quantitative estimate of drug-likeness (QED) is 0.593. The van der Waals surface area contributed by atoms with Crippen molar-refractivity contribution in [3.05, 3.63) is 0 Å². The Balaban J connectivity index is 2.43. The van der Waals surface area contributed by atoms with Crippen molar-refractivity contribution < 1.29 is 19.4 Å². The van der Waals surface area contributed by atoms with E-state index in [1.807, 2.05) is 6.92 Å². The van der Waals surface area contributed by atoms with E-state index in [4.69, 9.17) is 9.84 Å². The van der Waals surface area contributed by atoms with E-state index >= 15 is 0 Å². The summed E-state index contributed by atoms with van der Waals surface area (Å²) in [5, 5.41) is 11.4. The molecule has 0 radical (unpaired) electrons. The summed E-state index contributed by atoms with van der Waals surface area (Å²) in [6, 6.07) is -0.350. The van der Waals surface area contributed by atoms with Gasteiger partial charge in [0, 0.05) is 13.1 Å². The summed E-state index contributed by atoms with van der Waals surface area (Å²) in [6.07, 6.45) is 0.596. The lowest BCUT2D eigenvalue weighted by Gasteiger charge is -2.26. The van der Waals surface area contributed by atoms with Gasteiger partial charge >= 0.3 is 11.8 Å². The van der Waals surface area contributed by atoms with Crippen molar-refractivity contribution >= 4 is 11.8 Å². The molecular formula is C10H18N2O4. The molecule has 0 spiro atoms. The van der Waals surface area contributed by atoms with Crippen LogP contribution in [0.1, 0.15) is 13.3 Å². The molecule has 1 atom stereocenters. The van der Waals surface area contributed by atoms with E-state index in [1.165, 1.54) is 4.90 Å². The first-order chi connectivity index (χ1) is 7.69. The summed E-state index contributed by atoms with van der Waals surface area (Å²) in [6.45, 7) is 3.51. The number of carbonyl (C=O) groups excluding carboxylic acids is 2. The third-order valence-corrected chi connectivity index (χ3v) is 2.54. The van der Waals surface area contributed by atoms with E-state index in [2.05, 4.69) is 5.32 Å². The van der Waals surface area contributed by atoms with Crippen LogP contribution in [0.4, 0.5) is 0 Å². The van der Waals surface area contributed by atoms with Crippen molar-refractivity contribution in [1.82, 2.24) is 10.2 Å². The summed E-state index contributed by atoms with van der Waals surface area (Å²) >= 11 is 0. The molecule has 1 fully saturated rings. The Morgan fingerprint density at radius 1 is 1.44 bits per heavy atom. The van der Waals surface area contributed by atoms with Crippen LogP contribution in [-0.2, 0) is 14.3 Å². The average molecular weight is 230 g/mol. The van der Waals surface area contributed by atoms with Crippen LogP contribution >= 0.6 is 0 Å². The number of ether oxygens (including phenoxy) is 1. The number of amides is 2. The zero-order valence-electron chi connectivity index (χ0n) is 9.44. The standard InChI is InChI=1S/C10H18N2O4/c1-2-8(7-13)11-9(14)10(15)12-3-5-16-6-4-12/h8,13H,2-7H2,1H3,(H,11,14). The third-order valence-electron chi connectivity index (χ3n) is 2.54. The molecule has 1 rings (SSSR count). The molecule has 0 aliphatic carbocycles. The fourth-order valence-corrected chi connectivity index (χ4v) is 1.43. The SMILES string of the molecule is CCC(CO)NC(=O)C(=O)N1CCOCC1. The number of morpholine rings is 1.